The van der Waals surface area contributed by atoms with Crippen molar-refractivity contribution in [3.8, 4) is 23.0 Å². The maximum absolute atomic E-state index is 12.4. The van der Waals surface area contributed by atoms with Crippen molar-refractivity contribution in [2.24, 2.45) is 0 Å². The monoisotopic (exact) mass is 1600 g/mol. The number of aromatic nitrogens is 3. The van der Waals surface area contributed by atoms with Gasteiger partial charge in [-0.3, -0.25) is 52.9 Å². The highest BCUT2D eigenvalue weighted by Crippen LogP contribution is 2.41. The number of nitrogens with zero attached hydrogens (tertiary/aromatic N) is 3. The topological polar surface area (TPSA) is 259 Å². The summed E-state index contributed by atoms with van der Waals surface area (Å²) in [5.74, 6) is 8.52. The molecular weight excluding hydrogens is 1520 g/mol. The number of benzene rings is 7. The van der Waals surface area contributed by atoms with Gasteiger partial charge >= 0.3 is 0 Å². The van der Waals surface area contributed by atoms with Gasteiger partial charge in [-0.05, 0) is 123 Å². The molecule has 0 N–H and O–H groups in total. The number of carbonyl (C=O) groups excluding carboxylic acids is 10. The van der Waals surface area contributed by atoms with Gasteiger partial charge in [-0.15, -0.1) is 75.7 Å². The fraction of sp³-hybridized carbons (Fsp3) is 0.253. The van der Waals surface area contributed by atoms with Crippen molar-refractivity contribution in [2.45, 2.75) is 107 Å². The number of ketones is 10. The molecule has 8 heterocycles. The van der Waals surface area contributed by atoms with Gasteiger partial charge in [0.2, 0.25) is 0 Å². The fourth-order valence-electron chi connectivity index (χ4n) is 11.9. The Hall–Kier alpha value is -9.95. The zero-order chi connectivity index (χ0) is 77.9. The van der Waals surface area contributed by atoms with E-state index in [0.717, 1.165) is 45.6 Å². The molecule has 568 valence electrons. The molecule has 0 aliphatic carbocycles. The van der Waals surface area contributed by atoms with Gasteiger partial charge in [-0.1, -0.05) is 78.4 Å². The average molecular weight is 1600 g/mol. The number of carbonyl (C=O) groups is 10. The van der Waals surface area contributed by atoms with E-state index < -0.39 is 0 Å². The van der Waals surface area contributed by atoms with E-state index in [9.17, 15) is 47.9 Å². The molecule has 0 bridgehead atoms. The van der Waals surface area contributed by atoms with Gasteiger partial charge in [-0.2, -0.15) is 5.10 Å². The Morgan fingerprint density at radius 2 is 0.739 bits per heavy atom. The maximum atomic E-state index is 12.4. The van der Waals surface area contributed by atoms with Crippen LogP contribution in [0.15, 0.2) is 235 Å². The van der Waals surface area contributed by atoms with E-state index in [1.807, 2.05) is 140 Å². The first kappa shape index (κ1) is 82.0. The predicted molar refractivity (Wildman–Crippen MR) is 435 cm³/mol. The van der Waals surface area contributed by atoms with Crippen molar-refractivity contribution < 1.29 is 71.3 Å². The van der Waals surface area contributed by atoms with Gasteiger partial charge in [-0.25, -0.2) is 0 Å². The van der Waals surface area contributed by atoms with Gasteiger partial charge in [0.15, 0.2) is 86.6 Å². The first-order valence-electron chi connectivity index (χ1n) is 36.1. The summed E-state index contributed by atoms with van der Waals surface area (Å²) in [6, 6.07) is 52.9. The third kappa shape index (κ3) is 23.8. The van der Waals surface area contributed by atoms with Crippen LogP contribution in [0.4, 0.5) is 0 Å². The molecule has 15 rings (SSSR count). The molecule has 0 radical (unpaired) electrons. The van der Waals surface area contributed by atoms with Crippen molar-refractivity contribution in [1.82, 2.24) is 15.2 Å². The van der Waals surface area contributed by atoms with Crippen LogP contribution in [0.1, 0.15) is 179 Å². The minimum absolute atomic E-state index is 0.00351. The highest BCUT2D eigenvalue weighted by atomic mass is 32.2. The Bertz CT molecular complexity index is 4900. The number of furan rings is 1. The third-order valence-corrected chi connectivity index (χ3v) is 25.2. The second-order valence-corrected chi connectivity index (χ2v) is 32.3. The van der Waals surface area contributed by atoms with Crippen LogP contribution in [0.3, 0.4) is 0 Å². The first-order valence-corrected chi connectivity index (χ1v) is 42.1. The normalized spacial score (nSPS) is 13.2. The Morgan fingerprint density at radius 1 is 0.333 bits per heavy atom. The van der Waals surface area contributed by atoms with Crippen molar-refractivity contribution in [3.05, 3.63) is 268 Å². The van der Waals surface area contributed by atoms with Crippen LogP contribution in [0.2, 0.25) is 0 Å². The Labute approximate surface area is 669 Å². The summed E-state index contributed by atoms with van der Waals surface area (Å²) in [4.78, 5) is 133. The molecule has 3 aromatic heterocycles. The van der Waals surface area contributed by atoms with Crippen LogP contribution in [-0.4, -0.2) is 134 Å². The second-order valence-electron chi connectivity index (χ2n) is 25.5. The zero-order valence-electron chi connectivity index (χ0n) is 61.1. The lowest BCUT2D eigenvalue weighted by atomic mass is 9.98. The molecule has 0 unspecified atom stereocenters. The fourth-order valence-corrected chi connectivity index (χ4v) is 18.6. The lowest BCUT2D eigenvalue weighted by Crippen LogP contribution is -2.18. The van der Waals surface area contributed by atoms with Crippen molar-refractivity contribution >= 4 is 128 Å². The second kappa shape index (κ2) is 41.9. The van der Waals surface area contributed by atoms with Gasteiger partial charge in [0, 0.05) is 180 Å². The standard InChI is InChI=1S/2C19H18O4.C17H15NO2S2.C16H14N2O2S2.C16H14O3S2/c1-13-4-2-5-14(12-13)16(20)8-9-17(21)15-6-3-7-18-19(15)23-11-10-22-18;1-13-5-2-3-6-14(13)16(20)9-10-17(21)15-7-4-8-18-19(15)23-12-11-22-18;19-14(4-5-15(20)13-2-1-7-18-11-13)12-3-6-16-17(10-12)22-9-8-21-16;19-13(4-5-14(20)12-2-1-7-17-18-12)11-3-6-15-16(10-11)22-9-8-21-15;17-12(4-5-13(18)14-2-1-7-19-14)11-3-6-15-16(10-11)21-9-8-20-15/h2-7,12H,8-11H2,1H3;2-8H,9-12H2,1H3;1-3,6-7,10-11H,4-5,8-9H2;1-3,6-7,10H,4-5,8-9H2;1-3,6-7,10H,4-5,8-9H2. The molecule has 18 nitrogen and oxygen atoms in total. The highest BCUT2D eigenvalue weighted by molar-refractivity contribution is 8.06. The van der Waals surface area contributed by atoms with Crippen LogP contribution in [0.25, 0.3) is 0 Å². The summed E-state index contributed by atoms with van der Waals surface area (Å²) in [5.41, 5.74) is 7.20. The van der Waals surface area contributed by atoms with Crippen LogP contribution < -0.4 is 18.9 Å². The summed E-state index contributed by atoms with van der Waals surface area (Å²) in [6.45, 7) is 5.66. The third-order valence-electron chi connectivity index (χ3n) is 17.6. The van der Waals surface area contributed by atoms with Gasteiger partial charge in [0.25, 0.3) is 0 Å². The van der Waals surface area contributed by atoms with Gasteiger partial charge < -0.3 is 23.4 Å². The van der Waals surface area contributed by atoms with E-state index in [2.05, 4.69) is 15.2 Å². The number of aryl methyl sites for hydroxylation is 2. The summed E-state index contributed by atoms with van der Waals surface area (Å²) < 4.78 is 27.1. The number of thioether (sulfide) groups is 6. The Balaban J connectivity index is 0.000000137. The maximum Gasteiger partial charge on any atom is 0.198 e. The molecule has 0 amide bonds. The Morgan fingerprint density at radius 3 is 1.19 bits per heavy atom. The molecule has 5 aliphatic heterocycles. The lowest BCUT2D eigenvalue weighted by Gasteiger charge is -2.20. The van der Waals surface area contributed by atoms with Crippen LogP contribution >= 0.6 is 70.6 Å². The average Bonchev–Trinajstić information content (AvgIpc) is 1.00. The SMILES string of the molecule is Cc1cccc(C(=O)CCC(=O)c2cccc3c2OCCO3)c1.Cc1ccccc1C(=O)CCC(=O)c1cccc2c1OCCO2.O=C(CCC(=O)c1ccc2c(c1)SCCS2)c1cccnc1.O=C(CCC(=O)c1cccnn1)c1ccc2c(c1)SCCS2.O=C(CCC(=O)c1ccco1)c1ccc2c(c1)SCCS2. The van der Waals surface area contributed by atoms with Crippen LogP contribution in [0.5, 0.6) is 23.0 Å². The molecular formula is C87H79N3O15S6. The van der Waals surface area contributed by atoms with Crippen molar-refractivity contribution in [3.63, 3.8) is 0 Å². The van der Waals surface area contributed by atoms with Crippen molar-refractivity contribution in [2.75, 3.05) is 60.9 Å². The molecule has 5 aliphatic rings. The minimum Gasteiger partial charge on any atom is -0.486 e. The summed E-state index contributed by atoms with van der Waals surface area (Å²) in [6.07, 6.45) is 8.08. The summed E-state index contributed by atoms with van der Waals surface area (Å²) in [5, 5.41) is 7.45. The number of rotatable bonds is 25. The number of hydrogen-bond acceptors (Lipinski definition) is 24. The largest absolute Gasteiger partial charge is 0.486 e. The first-order chi connectivity index (χ1) is 54.0. The van der Waals surface area contributed by atoms with E-state index in [1.165, 1.54) is 41.8 Å². The number of hydrogen-bond donors (Lipinski definition) is 0. The number of para-hydroxylation sites is 2. The number of fused-ring (bicyclic) bond motifs is 5. The molecule has 0 saturated carbocycles. The van der Waals surface area contributed by atoms with Crippen molar-refractivity contribution in [1.29, 1.82) is 0 Å². The minimum atomic E-state index is -0.149. The van der Waals surface area contributed by atoms with Gasteiger partial charge in [0.05, 0.1) is 17.4 Å². The molecule has 0 fully saturated rings. The van der Waals surface area contributed by atoms with E-state index in [-0.39, 0.29) is 122 Å². The van der Waals surface area contributed by atoms with Crippen LogP contribution in [-0.2, 0) is 0 Å². The zero-order valence-corrected chi connectivity index (χ0v) is 66.0. The number of Topliss-reactive ketones (excluding diaryl/α,β-unsaturated/α-hetero) is 10. The lowest BCUT2D eigenvalue weighted by molar-refractivity contribution is 0.0902. The predicted octanol–water partition coefficient (Wildman–Crippen LogP) is 19.2. The van der Waals surface area contributed by atoms with Crippen LogP contribution in [0, 0.1) is 13.8 Å². The van der Waals surface area contributed by atoms with E-state index in [4.69, 9.17) is 23.4 Å². The molecule has 10 aromatic rings. The summed E-state index contributed by atoms with van der Waals surface area (Å²) in [7, 11) is 0. The summed E-state index contributed by atoms with van der Waals surface area (Å²) >= 11 is 10.8. The highest BCUT2D eigenvalue weighted by Gasteiger charge is 2.25. The smallest absolute Gasteiger partial charge is 0.198 e. The van der Waals surface area contributed by atoms with Gasteiger partial charge in [0.1, 0.15) is 32.1 Å². The van der Waals surface area contributed by atoms with E-state index in [1.54, 1.807) is 133 Å². The molecule has 111 heavy (non-hydrogen) atoms. The molecule has 0 atom stereocenters. The quantitative estimate of drug-likeness (QED) is 0.0482. The molecule has 7 aromatic carbocycles. The number of pyridine rings is 1. The molecule has 0 spiro atoms. The number of ether oxygens (including phenoxy) is 4. The molecule has 24 heteroatoms. The Kier molecular flexibility index (Phi) is 31.0. The van der Waals surface area contributed by atoms with E-state index in [0.29, 0.717) is 105 Å². The molecule has 0 saturated heterocycles. The van der Waals surface area contributed by atoms with E-state index >= 15 is 0 Å².